The minimum absolute atomic E-state index is 0.592. The summed E-state index contributed by atoms with van der Waals surface area (Å²) >= 11 is 7.54. The summed E-state index contributed by atoms with van der Waals surface area (Å²) in [7, 11) is 0. The Morgan fingerprint density at radius 2 is 1.81 bits per heavy atom. The maximum atomic E-state index is 5.89. The molecule has 0 bridgehead atoms. The van der Waals surface area contributed by atoms with Crippen molar-refractivity contribution in [3.05, 3.63) is 53.6 Å². The first-order valence-electron chi connectivity index (χ1n) is 8.61. The quantitative estimate of drug-likeness (QED) is 0.334. The lowest BCUT2D eigenvalue weighted by atomic mass is 10.3. The van der Waals surface area contributed by atoms with Gasteiger partial charge in [-0.1, -0.05) is 42.4 Å². The van der Waals surface area contributed by atoms with E-state index in [2.05, 4.69) is 50.4 Å². The second-order valence-corrected chi connectivity index (χ2v) is 7.41. The molecule has 0 saturated carbocycles. The molecule has 2 aromatic carbocycles. The smallest absolute Gasteiger partial charge is 0.237 e. The zero-order valence-corrected chi connectivity index (χ0v) is 16.0. The molecule has 0 radical (unpaired) electrons. The van der Waals surface area contributed by atoms with E-state index in [0.29, 0.717) is 11.6 Å². The summed E-state index contributed by atoms with van der Waals surface area (Å²) in [5.41, 5.74) is 2.33. The van der Waals surface area contributed by atoms with E-state index < -0.39 is 0 Å². The number of aryl methyl sites for hydroxylation is 1. The molecule has 0 spiro atoms. The van der Waals surface area contributed by atoms with Gasteiger partial charge < -0.3 is 9.30 Å². The standard InChI is InChI=1S/C19H19ClN4OS/c1-2-11-23-16-5-3-4-6-17(16)24-18(23)21-22-19(24)26-13-12-25-15-9-7-14(20)8-10-15/h3-10H,2,11-13H2,1H3. The van der Waals surface area contributed by atoms with E-state index in [1.807, 2.05) is 24.3 Å². The van der Waals surface area contributed by atoms with Crippen molar-refractivity contribution in [2.45, 2.75) is 25.0 Å². The van der Waals surface area contributed by atoms with Crippen molar-refractivity contribution < 1.29 is 4.74 Å². The highest BCUT2D eigenvalue weighted by Crippen LogP contribution is 2.26. The molecule has 0 fully saturated rings. The van der Waals surface area contributed by atoms with Crippen molar-refractivity contribution in [2.75, 3.05) is 12.4 Å². The Morgan fingerprint density at radius 3 is 2.58 bits per heavy atom. The molecule has 4 rings (SSSR count). The zero-order valence-electron chi connectivity index (χ0n) is 14.4. The maximum absolute atomic E-state index is 5.89. The average Bonchev–Trinajstić information content (AvgIpc) is 3.20. The summed E-state index contributed by atoms with van der Waals surface area (Å²) < 4.78 is 10.1. The lowest BCUT2D eigenvalue weighted by Gasteiger charge is -2.05. The molecule has 4 aromatic rings. The molecule has 0 saturated heterocycles. The van der Waals surface area contributed by atoms with E-state index in [4.69, 9.17) is 16.3 Å². The van der Waals surface area contributed by atoms with E-state index in [1.54, 1.807) is 11.8 Å². The van der Waals surface area contributed by atoms with Gasteiger partial charge in [-0.25, -0.2) is 0 Å². The molecule has 0 aliphatic heterocycles. The molecule has 2 aromatic heterocycles. The van der Waals surface area contributed by atoms with Crippen LogP contribution in [0.4, 0.5) is 0 Å². The summed E-state index contributed by atoms with van der Waals surface area (Å²) in [6.45, 7) is 3.69. The van der Waals surface area contributed by atoms with Gasteiger partial charge in [-0.3, -0.25) is 4.40 Å². The first-order chi connectivity index (χ1) is 12.8. The van der Waals surface area contributed by atoms with Crippen LogP contribution in [0.3, 0.4) is 0 Å². The van der Waals surface area contributed by atoms with Crippen LogP contribution in [-0.2, 0) is 6.54 Å². The van der Waals surface area contributed by atoms with Gasteiger partial charge in [0.25, 0.3) is 0 Å². The van der Waals surface area contributed by atoms with Crippen LogP contribution in [0.1, 0.15) is 13.3 Å². The summed E-state index contributed by atoms with van der Waals surface area (Å²) in [5.74, 6) is 2.51. The Labute approximate surface area is 160 Å². The molecule has 0 amide bonds. The summed E-state index contributed by atoms with van der Waals surface area (Å²) in [5, 5.41) is 10.4. The van der Waals surface area contributed by atoms with Crippen LogP contribution in [0.2, 0.25) is 5.02 Å². The van der Waals surface area contributed by atoms with E-state index in [1.165, 1.54) is 5.52 Å². The topological polar surface area (TPSA) is 44.4 Å². The van der Waals surface area contributed by atoms with Crippen LogP contribution in [0.25, 0.3) is 16.8 Å². The molecular formula is C19H19ClN4OS. The van der Waals surface area contributed by atoms with E-state index in [0.717, 1.165) is 40.9 Å². The number of hydrogen-bond donors (Lipinski definition) is 0. The number of thioether (sulfide) groups is 1. The Hall–Kier alpha value is -2.18. The van der Waals surface area contributed by atoms with Gasteiger partial charge in [0.05, 0.1) is 17.6 Å². The molecule has 0 aliphatic carbocycles. The molecule has 0 aliphatic rings. The van der Waals surface area contributed by atoms with Crippen molar-refractivity contribution in [1.29, 1.82) is 0 Å². The van der Waals surface area contributed by atoms with Crippen molar-refractivity contribution in [3.8, 4) is 5.75 Å². The number of aromatic nitrogens is 4. The van der Waals surface area contributed by atoms with Gasteiger partial charge in [-0.15, -0.1) is 10.2 Å². The Morgan fingerprint density at radius 1 is 1.04 bits per heavy atom. The SMILES string of the molecule is CCCn1c2ccccc2n2c(SCCOc3ccc(Cl)cc3)nnc12. The number of benzene rings is 2. The second-order valence-electron chi connectivity index (χ2n) is 5.91. The number of imidazole rings is 1. The highest BCUT2D eigenvalue weighted by Gasteiger charge is 2.16. The predicted octanol–water partition coefficient (Wildman–Crippen LogP) is 4.92. The Bertz CT molecular complexity index is 1030. The summed E-state index contributed by atoms with van der Waals surface area (Å²) in [4.78, 5) is 0. The monoisotopic (exact) mass is 386 g/mol. The third-order valence-corrected chi connectivity index (χ3v) is 5.26. The van der Waals surface area contributed by atoms with Crippen molar-refractivity contribution in [1.82, 2.24) is 19.2 Å². The van der Waals surface area contributed by atoms with Gasteiger partial charge in [-0.2, -0.15) is 0 Å². The first-order valence-corrected chi connectivity index (χ1v) is 9.98. The fourth-order valence-corrected chi connectivity index (χ4v) is 3.88. The highest BCUT2D eigenvalue weighted by molar-refractivity contribution is 7.99. The summed E-state index contributed by atoms with van der Waals surface area (Å²) in [6.07, 6.45) is 1.05. The molecule has 7 heteroatoms. The number of nitrogens with zero attached hydrogens (tertiary/aromatic N) is 4. The lowest BCUT2D eigenvalue weighted by Crippen LogP contribution is -2.00. The van der Waals surface area contributed by atoms with Crippen molar-refractivity contribution >= 4 is 40.2 Å². The highest BCUT2D eigenvalue weighted by atomic mass is 35.5. The Balaban J connectivity index is 1.52. The van der Waals surface area contributed by atoms with Gasteiger partial charge in [0.2, 0.25) is 5.78 Å². The number of ether oxygens (including phenoxy) is 1. The van der Waals surface area contributed by atoms with E-state index in [-0.39, 0.29) is 0 Å². The van der Waals surface area contributed by atoms with Crippen LogP contribution in [-0.4, -0.2) is 31.5 Å². The van der Waals surface area contributed by atoms with E-state index >= 15 is 0 Å². The molecule has 5 nitrogen and oxygen atoms in total. The number of hydrogen-bond acceptors (Lipinski definition) is 4. The van der Waals surface area contributed by atoms with Crippen LogP contribution in [0, 0.1) is 0 Å². The van der Waals surface area contributed by atoms with Gasteiger partial charge in [0.15, 0.2) is 5.16 Å². The van der Waals surface area contributed by atoms with Crippen LogP contribution in [0.5, 0.6) is 5.75 Å². The van der Waals surface area contributed by atoms with E-state index in [9.17, 15) is 0 Å². The first kappa shape index (κ1) is 17.2. The molecule has 134 valence electrons. The number of fused-ring (bicyclic) bond motifs is 3. The van der Waals surface area contributed by atoms with Crippen molar-refractivity contribution in [3.63, 3.8) is 0 Å². The third kappa shape index (κ3) is 3.27. The lowest BCUT2D eigenvalue weighted by molar-refractivity contribution is 0.344. The van der Waals surface area contributed by atoms with Crippen LogP contribution >= 0.6 is 23.4 Å². The largest absolute Gasteiger partial charge is 0.493 e. The predicted molar refractivity (Wildman–Crippen MR) is 106 cm³/mol. The van der Waals surface area contributed by atoms with Crippen LogP contribution < -0.4 is 4.74 Å². The van der Waals surface area contributed by atoms with Gasteiger partial charge in [-0.05, 0) is 42.8 Å². The summed E-state index contributed by atoms with van der Waals surface area (Å²) in [6, 6.07) is 15.8. The minimum Gasteiger partial charge on any atom is -0.493 e. The number of para-hydroxylation sites is 2. The molecular weight excluding hydrogens is 368 g/mol. The minimum atomic E-state index is 0.592. The maximum Gasteiger partial charge on any atom is 0.237 e. The number of rotatable bonds is 7. The molecule has 0 unspecified atom stereocenters. The van der Waals surface area contributed by atoms with Crippen LogP contribution in [0.15, 0.2) is 53.7 Å². The number of halogens is 1. The fourth-order valence-electron chi connectivity index (χ4n) is 3.00. The molecule has 0 atom stereocenters. The van der Waals surface area contributed by atoms with Gasteiger partial charge in [0, 0.05) is 17.3 Å². The fraction of sp³-hybridized carbons (Fsp3) is 0.263. The normalized spacial score (nSPS) is 11.5. The zero-order chi connectivity index (χ0) is 17.9. The van der Waals surface area contributed by atoms with Gasteiger partial charge >= 0.3 is 0 Å². The molecule has 26 heavy (non-hydrogen) atoms. The van der Waals surface area contributed by atoms with Crippen molar-refractivity contribution in [2.24, 2.45) is 0 Å². The van der Waals surface area contributed by atoms with Gasteiger partial charge in [0.1, 0.15) is 5.75 Å². The Kier molecular flexibility index (Phi) is 5.04. The second kappa shape index (κ2) is 7.60. The molecule has 2 heterocycles. The molecule has 0 N–H and O–H groups in total. The average molecular weight is 387 g/mol. The third-order valence-electron chi connectivity index (χ3n) is 4.12.